The van der Waals surface area contributed by atoms with E-state index in [-0.39, 0.29) is 23.2 Å². The molecule has 2 heterocycles. The van der Waals surface area contributed by atoms with Crippen LogP contribution in [0.5, 0.6) is 0 Å². The second-order valence-electron chi connectivity index (χ2n) is 7.19. The minimum atomic E-state index is -0.291. The largest absolute Gasteiger partial charge is 0.328 e. The summed E-state index contributed by atoms with van der Waals surface area (Å²) in [6, 6.07) is 8.04. The second kappa shape index (κ2) is 6.36. The van der Waals surface area contributed by atoms with Crippen LogP contribution < -0.4 is 5.32 Å². The highest BCUT2D eigenvalue weighted by Crippen LogP contribution is 2.26. The van der Waals surface area contributed by atoms with Crippen LogP contribution in [-0.4, -0.2) is 40.6 Å². The number of rotatable bonds is 2. The molecule has 1 amide bonds. The first-order valence-corrected chi connectivity index (χ1v) is 8.19. The van der Waals surface area contributed by atoms with E-state index in [0.29, 0.717) is 25.3 Å². The summed E-state index contributed by atoms with van der Waals surface area (Å²) in [6.07, 6.45) is 0. The van der Waals surface area contributed by atoms with Crippen molar-refractivity contribution >= 4 is 5.91 Å². The van der Waals surface area contributed by atoms with Crippen LogP contribution in [0.4, 0.5) is 4.39 Å². The van der Waals surface area contributed by atoms with Gasteiger partial charge < -0.3 is 10.2 Å². The first-order valence-electron chi connectivity index (χ1n) is 8.19. The van der Waals surface area contributed by atoms with Crippen LogP contribution in [0.2, 0.25) is 0 Å². The number of piperazine rings is 1. The SMILES string of the molecule is CC(C)(C)c1cc(C(=O)N2CCNCC2c2cccc(F)c2)n[nH]1. The van der Waals surface area contributed by atoms with Crippen LogP contribution >= 0.6 is 0 Å². The standard InChI is InChI=1S/C18H23FN4O/c1-18(2,3)16-10-14(21-22-16)17(24)23-8-7-20-11-15(23)12-5-4-6-13(19)9-12/h4-6,9-10,15,20H,7-8,11H2,1-3H3,(H,21,22). The Morgan fingerprint density at radius 2 is 2.12 bits per heavy atom. The number of hydrogen-bond acceptors (Lipinski definition) is 3. The molecule has 6 heteroatoms. The molecule has 1 fully saturated rings. The lowest BCUT2D eigenvalue weighted by Crippen LogP contribution is -2.48. The Balaban J connectivity index is 1.87. The Hall–Kier alpha value is -2.21. The van der Waals surface area contributed by atoms with Crippen LogP contribution in [0.1, 0.15) is 48.6 Å². The van der Waals surface area contributed by atoms with Crippen LogP contribution in [0.25, 0.3) is 0 Å². The van der Waals surface area contributed by atoms with Crippen molar-refractivity contribution in [3.63, 3.8) is 0 Å². The number of hydrogen-bond donors (Lipinski definition) is 2. The molecule has 2 aromatic rings. The van der Waals surface area contributed by atoms with Crippen molar-refractivity contribution in [1.82, 2.24) is 20.4 Å². The number of nitrogens with zero attached hydrogens (tertiary/aromatic N) is 2. The van der Waals surface area contributed by atoms with Crippen molar-refractivity contribution in [3.8, 4) is 0 Å². The van der Waals surface area contributed by atoms with Gasteiger partial charge in [0, 0.05) is 30.7 Å². The third-order valence-electron chi connectivity index (χ3n) is 4.34. The molecule has 2 N–H and O–H groups in total. The molecule has 0 spiro atoms. The van der Waals surface area contributed by atoms with E-state index in [2.05, 4.69) is 36.3 Å². The van der Waals surface area contributed by atoms with Crippen LogP contribution in [-0.2, 0) is 5.41 Å². The maximum absolute atomic E-state index is 13.6. The van der Waals surface area contributed by atoms with Gasteiger partial charge in [-0.05, 0) is 23.8 Å². The molecule has 3 rings (SSSR count). The van der Waals surface area contributed by atoms with Crippen molar-refractivity contribution in [2.24, 2.45) is 0 Å². The molecule has 1 aromatic carbocycles. The van der Waals surface area contributed by atoms with Crippen LogP contribution in [0.15, 0.2) is 30.3 Å². The Morgan fingerprint density at radius 3 is 2.79 bits per heavy atom. The summed E-state index contributed by atoms with van der Waals surface area (Å²) in [6.45, 7) is 8.08. The Kier molecular flexibility index (Phi) is 4.41. The van der Waals surface area contributed by atoms with Gasteiger partial charge in [0.25, 0.3) is 5.91 Å². The fraction of sp³-hybridized carbons (Fsp3) is 0.444. The first-order chi connectivity index (χ1) is 11.4. The van der Waals surface area contributed by atoms with E-state index in [4.69, 9.17) is 0 Å². The molecule has 0 aliphatic carbocycles. The van der Waals surface area contributed by atoms with Crippen molar-refractivity contribution in [1.29, 1.82) is 0 Å². The fourth-order valence-electron chi connectivity index (χ4n) is 2.92. The van der Waals surface area contributed by atoms with Gasteiger partial charge in [0.05, 0.1) is 6.04 Å². The summed E-state index contributed by atoms with van der Waals surface area (Å²) in [4.78, 5) is 14.7. The number of aromatic amines is 1. The highest BCUT2D eigenvalue weighted by atomic mass is 19.1. The predicted molar refractivity (Wildman–Crippen MR) is 90.3 cm³/mol. The Labute approximate surface area is 141 Å². The van der Waals surface area contributed by atoms with Crippen molar-refractivity contribution in [2.75, 3.05) is 19.6 Å². The van der Waals surface area contributed by atoms with Gasteiger partial charge in [0.1, 0.15) is 11.5 Å². The summed E-state index contributed by atoms with van der Waals surface area (Å²) in [7, 11) is 0. The number of H-pyrrole nitrogens is 1. The molecule has 0 radical (unpaired) electrons. The average Bonchev–Trinajstić information content (AvgIpc) is 3.04. The topological polar surface area (TPSA) is 61.0 Å². The number of amides is 1. The molecule has 1 aliphatic rings. The van der Waals surface area contributed by atoms with E-state index in [0.717, 1.165) is 11.3 Å². The summed E-state index contributed by atoms with van der Waals surface area (Å²) in [5.74, 6) is -0.419. The molecule has 1 atom stereocenters. The zero-order valence-corrected chi connectivity index (χ0v) is 14.3. The molecule has 1 aromatic heterocycles. The van der Waals surface area contributed by atoms with Crippen LogP contribution in [0.3, 0.4) is 0 Å². The summed E-state index contributed by atoms with van der Waals surface area (Å²) < 4.78 is 13.6. The van der Waals surface area contributed by atoms with Gasteiger partial charge in [-0.3, -0.25) is 9.89 Å². The maximum Gasteiger partial charge on any atom is 0.274 e. The van der Waals surface area contributed by atoms with E-state index in [1.54, 1.807) is 11.0 Å². The number of halogens is 1. The van der Waals surface area contributed by atoms with Crippen molar-refractivity contribution < 1.29 is 9.18 Å². The van der Waals surface area contributed by atoms with E-state index < -0.39 is 0 Å². The number of nitrogens with one attached hydrogen (secondary N) is 2. The lowest BCUT2D eigenvalue weighted by atomic mass is 9.92. The first kappa shape index (κ1) is 16.6. The average molecular weight is 330 g/mol. The van der Waals surface area contributed by atoms with E-state index in [1.807, 2.05) is 12.1 Å². The van der Waals surface area contributed by atoms with Crippen molar-refractivity contribution in [3.05, 3.63) is 53.1 Å². The Morgan fingerprint density at radius 1 is 1.33 bits per heavy atom. The maximum atomic E-state index is 13.6. The smallest absolute Gasteiger partial charge is 0.274 e. The molecule has 128 valence electrons. The normalized spacial score (nSPS) is 18.7. The minimum absolute atomic E-state index is 0.100. The highest BCUT2D eigenvalue weighted by molar-refractivity contribution is 5.92. The number of carbonyl (C=O) groups is 1. The Bertz CT molecular complexity index is 735. The molecule has 1 aliphatic heterocycles. The molecule has 0 bridgehead atoms. The van der Waals surface area contributed by atoms with Crippen LogP contribution in [0, 0.1) is 5.82 Å². The lowest BCUT2D eigenvalue weighted by molar-refractivity contribution is 0.0628. The zero-order chi connectivity index (χ0) is 17.3. The highest BCUT2D eigenvalue weighted by Gasteiger charge is 2.30. The monoisotopic (exact) mass is 330 g/mol. The quantitative estimate of drug-likeness (QED) is 0.890. The number of benzene rings is 1. The molecular weight excluding hydrogens is 307 g/mol. The van der Waals surface area contributed by atoms with Gasteiger partial charge in [-0.2, -0.15) is 5.10 Å². The predicted octanol–water partition coefficient (Wildman–Crippen LogP) is 2.63. The fourth-order valence-corrected chi connectivity index (χ4v) is 2.92. The van der Waals surface area contributed by atoms with Gasteiger partial charge in [0.2, 0.25) is 0 Å². The van der Waals surface area contributed by atoms with E-state index >= 15 is 0 Å². The van der Waals surface area contributed by atoms with E-state index in [1.165, 1.54) is 12.1 Å². The molecule has 24 heavy (non-hydrogen) atoms. The zero-order valence-electron chi connectivity index (χ0n) is 14.3. The number of carbonyl (C=O) groups excluding carboxylic acids is 1. The summed E-state index contributed by atoms with van der Waals surface area (Å²) in [5, 5.41) is 10.4. The van der Waals surface area contributed by atoms with Gasteiger partial charge in [-0.1, -0.05) is 32.9 Å². The second-order valence-corrected chi connectivity index (χ2v) is 7.19. The van der Waals surface area contributed by atoms with Gasteiger partial charge in [-0.25, -0.2) is 4.39 Å². The van der Waals surface area contributed by atoms with E-state index in [9.17, 15) is 9.18 Å². The van der Waals surface area contributed by atoms with Gasteiger partial charge in [0.15, 0.2) is 0 Å². The molecular formula is C18H23FN4O. The third-order valence-corrected chi connectivity index (χ3v) is 4.34. The molecule has 1 unspecified atom stereocenters. The van der Waals surface area contributed by atoms with Crippen molar-refractivity contribution in [2.45, 2.75) is 32.2 Å². The van der Waals surface area contributed by atoms with Gasteiger partial charge >= 0.3 is 0 Å². The van der Waals surface area contributed by atoms with Gasteiger partial charge in [-0.15, -0.1) is 0 Å². The minimum Gasteiger partial charge on any atom is -0.328 e. The lowest BCUT2D eigenvalue weighted by Gasteiger charge is -2.36. The third kappa shape index (κ3) is 3.33. The number of aromatic nitrogens is 2. The summed E-state index contributed by atoms with van der Waals surface area (Å²) in [5.41, 5.74) is 2.02. The summed E-state index contributed by atoms with van der Waals surface area (Å²) >= 11 is 0. The molecule has 5 nitrogen and oxygen atoms in total. The molecule has 1 saturated heterocycles. The molecule has 0 saturated carbocycles.